The number of amides is 1. The number of carbonyl (C=O) groups is 1. The van der Waals surface area contributed by atoms with Gasteiger partial charge in [-0.1, -0.05) is 59.6 Å². The van der Waals surface area contributed by atoms with Crippen molar-refractivity contribution >= 4 is 40.5 Å². The Hall–Kier alpha value is -2.69. The van der Waals surface area contributed by atoms with E-state index in [1.54, 1.807) is 24.3 Å². The van der Waals surface area contributed by atoms with E-state index in [4.69, 9.17) is 27.9 Å². The first-order valence-electron chi connectivity index (χ1n) is 8.36. The lowest BCUT2D eigenvalue weighted by Crippen LogP contribution is -2.20. The number of hydrogen-bond donors (Lipinski definition) is 2. The molecule has 3 aromatic carbocycles. The quantitative estimate of drug-likeness (QED) is 0.540. The van der Waals surface area contributed by atoms with Crippen LogP contribution in [0.5, 0.6) is 5.75 Å². The van der Waals surface area contributed by atoms with Crippen LogP contribution in [0.25, 0.3) is 0 Å². The predicted molar refractivity (Wildman–Crippen MR) is 111 cm³/mol. The topological polar surface area (TPSA) is 50.4 Å². The number of carbonyl (C=O) groups excluding carboxylic acids is 1. The molecule has 0 spiro atoms. The number of anilines is 2. The Morgan fingerprint density at radius 1 is 0.852 bits per heavy atom. The fraction of sp³-hybridized carbons (Fsp3) is 0.0952. The summed E-state index contributed by atoms with van der Waals surface area (Å²) in [5, 5.41) is 6.75. The van der Waals surface area contributed by atoms with Crippen LogP contribution in [0.15, 0.2) is 72.8 Å². The monoisotopic (exact) mass is 400 g/mol. The molecule has 0 atom stereocenters. The highest BCUT2D eigenvalue weighted by atomic mass is 35.5. The van der Waals surface area contributed by atoms with Gasteiger partial charge in [-0.2, -0.15) is 0 Å². The van der Waals surface area contributed by atoms with Gasteiger partial charge in [-0.25, -0.2) is 0 Å². The van der Waals surface area contributed by atoms with Crippen molar-refractivity contribution < 1.29 is 9.53 Å². The molecule has 0 heterocycles. The van der Waals surface area contributed by atoms with Crippen molar-refractivity contribution in [1.29, 1.82) is 0 Å². The first kappa shape index (κ1) is 19.1. The van der Waals surface area contributed by atoms with Crippen LogP contribution in [-0.4, -0.2) is 12.5 Å². The normalized spacial score (nSPS) is 10.3. The molecular weight excluding hydrogens is 383 g/mol. The summed E-state index contributed by atoms with van der Waals surface area (Å²) >= 11 is 12.6. The number of para-hydroxylation sites is 2. The van der Waals surface area contributed by atoms with Crippen LogP contribution in [0.3, 0.4) is 0 Å². The Bertz CT molecular complexity index is 880. The molecule has 138 valence electrons. The maximum absolute atomic E-state index is 12.0. The SMILES string of the molecule is O=C(COc1c(Cl)cc(CNc2ccccc2)cc1Cl)Nc1ccccc1. The molecule has 0 bridgehead atoms. The van der Waals surface area contributed by atoms with Crippen LogP contribution in [-0.2, 0) is 11.3 Å². The smallest absolute Gasteiger partial charge is 0.262 e. The fourth-order valence-corrected chi connectivity index (χ4v) is 3.11. The van der Waals surface area contributed by atoms with Crippen molar-refractivity contribution in [3.63, 3.8) is 0 Å². The van der Waals surface area contributed by atoms with Crippen LogP contribution in [0.2, 0.25) is 10.0 Å². The Balaban J connectivity index is 1.58. The summed E-state index contributed by atoms with van der Waals surface area (Å²) in [5.41, 5.74) is 2.61. The van der Waals surface area contributed by atoms with E-state index in [1.807, 2.05) is 48.5 Å². The molecule has 0 aliphatic rings. The Kier molecular flexibility index (Phi) is 6.58. The third-order valence-corrected chi connectivity index (χ3v) is 4.30. The van der Waals surface area contributed by atoms with Gasteiger partial charge < -0.3 is 15.4 Å². The van der Waals surface area contributed by atoms with Crippen LogP contribution in [0.1, 0.15) is 5.56 Å². The van der Waals surface area contributed by atoms with E-state index >= 15 is 0 Å². The molecule has 3 aromatic rings. The highest BCUT2D eigenvalue weighted by Gasteiger charge is 2.12. The molecular formula is C21H18Cl2N2O2. The second-order valence-electron chi connectivity index (χ2n) is 5.81. The molecule has 6 heteroatoms. The molecule has 0 unspecified atom stereocenters. The maximum atomic E-state index is 12.0. The molecule has 27 heavy (non-hydrogen) atoms. The summed E-state index contributed by atoms with van der Waals surface area (Å²) in [5.74, 6) is 0.00756. The zero-order valence-electron chi connectivity index (χ0n) is 14.4. The van der Waals surface area contributed by atoms with Gasteiger partial charge in [0, 0.05) is 17.9 Å². The fourth-order valence-electron chi connectivity index (χ4n) is 2.47. The van der Waals surface area contributed by atoms with Gasteiger partial charge in [-0.15, -0.1) is 0 Å². The highest BCUT2D eigenvalue weighted by molar-refractivity contribution is 6.37. The number of benzene rings is 3. The third kappa shape index (κ3) is 5.64. The Labute approximate surface area is 168 Å². The average molecular weight is 401 g/mol. The second kappa shape index (κ2) is 9.31. The van der Waals surface area contributed by atoms with Crippen molar-refractivity contribution in [2.75, 3.05) is 17.2 Å². The molecule has 3 rings (SSSR count). The van der Waals surface area contributed by atoms with Crippen LogP contribution < -0.4 is 15.4 Å². The molecule has 0 aliphatic carbocycles. The number of nitrogens with one attached hydrogen (secondary N) is 2. The molecule has 0 aromatic heterocycles. The maximum Gasteiger partial charge on any atom is 0.262 e. The molecule has 4 nitrogen and oxygen atoms in total. The lowest BCUT2D eigenvalue weighted by atomic mass is 10.2. The third-order valence-electron chi connectivity index (χ3n) is 3.73. The number of hydrogen-bond acceptors (Lipinski definition) is 3. The minimum atomic E-state index is -0.289. The Morgan fingerprint density at radius 3 is 2.00 bits per heavy atom. The van der Waals surface area contributed by atoms with Crippen LogP contribution in [0, 0.1) is 0 Å². The van der Waals surface area contributed by atoms with Crippen LogP contribution >= 0.6 is 23.2 Å². The molecule has 0 saturated heterocycles. The van der Waals surface area contributed by atoms with Gasteiger partial charge in [0.15, 0.2) is 12.4 Å². The summed E-state index contributed by atoms with van der Waals surface area (Å²) in [6, 6.07) is 22.5. The van der Waals surface area contributed by atoms with Gasteiger partial charge in [0.2, 0.25) is 0 Å². The van der Waals surface area contributed by atoms with Crippen molar-refractivity contribution in [2.24, 2.45) is 0 Å². The lowest BCUT2D eigenvalue weighted by Gasteiger charge is -2.13. The summed E-state index contributed by atoms with van der Waals surface area (Å²) in [6.45, 7) is 0.383. The van der Waals surface area contributed by atoms with E-state index in [0.717, 1.165) is 11.3 Å². The Morgan fingerprint density at radius 2 is 1.41 bits per heavy atom. The zero-order chi connectivity index (χ0) is 19.1. The summed E-state index contributed by atoms with van der Waals surface area (Å²) in [4.78, 5) is 12.0. The largest absolute Gasteiger partial charge is 0.481 e. The minimum Gasteiger partial charge on any atom is -0.481 e. The van der Waals surface area contributed by atoms with Crippen LogP contribution in [0.4, 0.5) is 11.4 Å². The highest BCUT2D eigenvalue weighted by Crippen LogP contribution is 2.34. The lowest BCUT2D eigenvalue weighted by molar-refractivity contribution is -0.118. The molecule has 1 amide bonds. The zero-order valence-corrected chi connectivity index (χ0v) is 15.9. The van der Waals surface area contributed by atoms with Gasteiger partial charge in [0.25, 0.3) is 5.91 Å². The van der Waals surface area contributed by atoms with E-state index in [9.17, 15) is 4.79 Å². The predicted octanol–water partition coefficient (Wildman–Crippen LogP) is 5.62. The molecule has 0 aliphatic heterocycles. The molecule has 2 N–H and O–H groups in total. The molecule has 0 saturated carbocycles. The van der Waals surface area contributed by atoms with E-state index in [1.165, 1.54) is 0 Å². The average Bonchev–Trinajstić information content (AvgIpc) is 2.67. The number of ether oxygens (including phenoxy) is 1. The number of rotatable bonds is 7. The van der Waals surface area contributed by atoms with Crippen molar-refractivity contribution in [3.05, 3.63) is 88.4 Å². The second-order valence-corrected chi connectivity index (χ2v) is 6.63. The van der Waals surface area contributed by atoms with Crippen molar-refractivity contribution in [1.82, 2.24) is 0 Å². The standard InChI is InChI=1S/C21H18Cl2N2O2/c22-18-11-15(13-24-16-7-3-1-4-8-16)12-19(23)21(18)27-14-20(26)25-17-9-5-2-6-10-17/h1-12,24H,13-14H2,(H,25,26). The van der Waals surface area contributed by atoms with Gasteiger partial charge in [0.1, 0.15) is 0 Å². The summed E-state index contributed by atoms with van der Waals surface area (Å²) in [7, 11) is 0. The van der Waals surface area contributed by atoms with Crippen molar-refractivity contribution in [3.8, 4) is 5.75 Å². The first-order valence-corrected chi connectivity index (χ1v) is 9.12. The number of halogens is 2. The molecule has 0 fully saturated rings. The van der Waals surface area contributed by atoms with Gasteiger partial charge in [0.05, 0.1) is 10.0 Å². The van der Waals surface area contributed by atoms with Crippen molar-refractivity contribution in [2.45, 2.75) is 6.54 Å². The summed E-state index contributed by atoms with van der Waals surface area (Å²) in [6.07, 6.45) is 0. The van der Waals surface area contributed by atoms with Gasteiger partial charge >= 0.3 is 0 Å². The van der Waals surface area contributed by atoms with Gasteiger partial charge in [-0.05, 0) is 42.0 Å². The first-order chi connectivity index (χ1) is 13.1. The summed E-state index contributed by atoms with van der Waals surface area (Å²) < 4.78 is 5.52. The van der Waals surface area contributed by atoms with Gasteiger partial charge in [-0.3, -0.25) is 4.79 Å². The molecule has 0 radical (unpaired) electrons. The van der Waals surface area contributed by atoms with E-state index < -0.39 is 0 Å². The van der Waals surface area contributed by atoms with E-state index in [-0.39, 0.29) is 12.5 Å². The minimum absolute atomic E-state index is 0.185. The van der Waals surface area contributed by atoms with E-state index in [0.29, 0.717) is 28.0 Å². The van der Waals surface area contributed by atoms with E-state index in [2.05, 4.69) is 10.6 Å².